The molecule has 0 aromatic carbocycles. The van der Waals surface area contributed by atoms with Gasteiger partial charge in [-0.05, 0) is 69.5 Å². The molecule has 0 aromatic rings. The number of piperidine rings is 1. The Labute approximate surface area is 133 Å². The van der Waals surface area contributed by atoms with Gasteiger partial charge in [0.15, 0.2) is 0 Å². The summed E-state index contributed by atoms with van der Waals surface area (Å²) in [7, 11) is 0. The number of likely N-dealkylation sites (tertiary alicyclic amines) is 1. The second kappa shape index (κ2) is 7.97. The van der Waals surface area contributed by atoms with Crippen LogP contribution >= 0.6 is 0 Å². The first-order valence-electron chi connectivity index (χ1n) is 9.61. The van der Waals surface area contributed by atoms with Gasteiger partial charge in [-0.1, -0.05) is 40.5 Å². The van der Waals surface area contributed by atoms with Gasteiger partial charge in [-0.25, -0.2) is 0 Å². The zero-order chi connectivity index (χ0) is 15.3. The van der Waals surface area contributed by atoms with E-state index in [-0.39, 0.29) is 0 Å². The lowest BCUT2D eigenvalue weighted by atomic mass is 9.73. The van der Waals surface area contributed by atoms with Crippen LogP contribution in [0, 0.1) is 11.3 Å². The van der Waals surface area contributed by atoms with Crippen LogP contribution in [0.3, 0.4) is 0 Å². The minimum absolute atomic E-state index is 0.656. The summed E-state index contributed by atoms with van der Waals surface area (Å²) >= 11 is 0. The van der Waals surface area contributed by atoms with Crippen LogP contribution < -0.4 is 5.32 Å². The molecule has 1 N–H and O–H groups in total. The minimum atomic E-state index is 0.656. The van der Waals surface area contributed by atoms with Gasteiger partial charge in [-0.15, -0.1) is 0 Å². The van der Waals surface area contributed by atoms with E-state index in [4.69, 9.17) is 0 Å². The molecule has 1 saturated heterocycles. The maximum absolute atomic E-state index is 3.85. The average Bonchev–Trinajstić information content (AvgIpc) is 2.54. The van der Waals surface area contributed by atoms with Crippen LogP contribution in [0.15, 0.2) is 0 Å². The Balaban J connectivity index is 1.94. The van der Waals surface area contributed by atoms with Gasteiger partial charge >= 0.3 is 0 Å². The van der Waals surface area contributed by atoms with Gasteiger partial charge in [0.25, 0.3) is 0 Å². The molecule has 0 radical (unpaired) electrons. The first kappa shape index (κ1) is 17.3. The fourth-order valence-corrected chi connectivity index (χ4v) is 4.61. The number of hydrogen-bond donors (Lipinski definition) is 1. The molecule has 1 heterocycles. The average molecular weight is 295 g/mol. The molecule has 3 atom stereocenters. The maximum atomic E-state index is 3.85. The molecular weight excluding hydrogens is 256 g/mol. The summed E-state index contributed by atoms with van der Waals surface area (Å²) in [4.78, 5) is 2.84. The second-order valence-corrected chi connectivity index (χ2v) is 7.79. The van der Waals surface area contributed by atoms with E-state index in [2.05, 4.69) is 37.9 Å². The van der Waals surface area contributed by atoms with Crippen molar-refractivity contribution in [3.8, 4) is 0 Å². The Morgan fingerprint density at radius 3 is 2.29 bits per heavy atom. The number of nitrogens with zero attached hydrogens (tertiary/aromatic N) is 1. The smallest absolute Gasteiger partial charge is 0.0251 e. The molecule has 1 saturated carbocycles. The lowest BCUT2D eigenvalue weighted by Gasteiger charge is -2.48. The molecule has 2 nitrogen and oxygen atoms in total. The molecule has 0 aromatic heterocycles. The van der Waals surface area contributed by atoms with Crippen molar-refractivity contribution in [2.24, 2.45) is 11.3 Å². The predicted molar refractivity (Wildman–Crippen MR) is 92.7 cm³/mol. The van der Waals surface area contributed by atoms with Crippen LogP contribution in [-0.4, -0.2) is 36.6 Å². The van der Waals surface area contributed by atoms with Gasteiger partial charge in [0, 0.05) is 12.1 Å². The van der Waals surface area contributed by atoms with Crippen LogP contribution in [-0.2, 0) is 0 Å². The van der Waals surface area contributed by atoms with Crippen molar-refractivity contribution in [3.05, 3.63) is 0 Å². The van der Waals surface area contributed by atoms with Crippen molar-refractivity contribution in [2.45, 2.75) is 91.1 Å². The largest absolute Gasteiger partial charge is 0.312 e. The molecule has 0 bridgehead atoms. The van der Waals surface area contributed by atoms with E-state index in [9.17, 15) is 0 Å². The van der Waals surface area contributed by atoms with E-state index in [0.717, 1.165) is 18.0 Å². The fourth-order valence-electron chi connectivity index (χ4n) is 4.61. The van der Waals surface area contributed by atoms with Crippen molar-refractivity contribution in [1.29, 1.82) is 0 Å². The maximum Gasteiger partial charge on any atom is 0.0251 e. The molecule has 2 heteroatoms. The standard InChI is InChI=1S/C19H38N2/c1-5-12-20-17-9-8-16(4)15-18(17)21-13-10-19(6-2,7-3)11-14-21/h16-18,20H,5-15H2,1-4H3. The lowest BCUT2D eigenvalue weighted by Crippen LogP contribution is -2.56. The van der Waals surface area contributed by atoms with Gasteiger partial charge in [0.05, 0.1) is 0 Å². The molecule has 3 unspecified atom stereocenters. The Morgan fingerprint density at radius 2 is 1.71 bits per heavy atom. The van der Waals surface area contributed by atoms with Crippen molar-refractivity contribution < 1.29 is 0 Å². The third-order valence-corrected chi connectivity index (χ3v) is 6.56. The van der Waals surface area contributed by atoms with Gasteiger partial charge in [-0.3, -0.25) is 4.90 Å². The molecule has 1 aliphatic carbocycles. The molecule has 2 rings (SSSR count). The SMILES string of the molecule is CCCNC1CCC(C)CC1N1CCC(CC)(CC)CC1. The van der Waals surface area contributed by atoms with Crippen LogP contribution in [0.2, 0.25) is 0 Å². The van der Waals surface area contributed by atoms with E-state index in [1.54, 1.807) is 0 Å². The Morgan fingerprint density at radius 1 is 1.05 bits per heavy atom. The Hall–Kier alpha value is -0.0800. The Bertz CT molecular complexity index is 286. The summed E-state index contributed by atoms with van der Waals surface area (Å²) in [6, 6.07) is 1.55. The van der Waals surface area contributed by atoms with Gasteiger partial charge < -0.3 is 5.32 Å². The van der Waals surface area contributed by atoms with Crippen LogP contribution in [0.25, 0.3) is 0 Å². The summed E-state index contributed by atoms with van der Waals surface area (Å²) < 4.78 is 0. The van der Waals surface area contributed by atoms with Crippen molar-refractivity contribution >= 4 is 0 Å². The molecule has 2 fully saturated rings. The molecule has 0 spiro atoms. The molecule has 124 valence electrons. The molecular formula is C19H38N2. The first-order valence-corrected chi connectivity index (χ1v) is 9.61. The quantitative estimate of drug-likeness (QED) is 0.779. The predicted octanol–water partition coefficient (Wildman–Crippen LogP) is 4.45. The molecule has 0 amide bonds. The third-order valence-electron chi connectivity index (χ3n) is 6.56. The van der Waals surface area contributed by atoms with E-state index in [1.165, 1.54) is 71.0 Å². The summed E-state index contributed by atoms with van der Waals surface area (Å²) in [5, 5.41) is 3.85. The van der Waals surface area contributed by atoms with Gasteiger partial charge in [0.1, 0.15) is 0 Å². The fraction of sp³-hybridized carbons (Fsp3) is 1.00. The van der Waals surface area contributed by atoms with Gasteiger partial charge in [-0.2, -0.15) is 0 Å². The summed E-state index contributed by atoms with van der Waals surface area (Å²) in [5.74, 6) is 0.915. The van der Waals surface area contributed by atoms with Crippen LogP contribution in [0.1, 0.15) is 79.1 Å². The Kier molecular flexibility index (Phi) is 6.55. The van der Waals surface area contributed by atoms with Gasteiger partial charge in [0.2, 0.25) is 0 Å². The highest BCUT2D eigenvalue weighted by Gasteiger charge is 2.37. The molecule has 1 aliphatic heterocycles. The molecule has 2 aliphatic rings. The minimum Gasteiger partial charge on any atom is -0.312 e. The highest BCUT2D eigenvalue weighted by Crippen LogP contribution is 2.40. The first-order chi connectivity index (χ1) is 10.1. The van der Waals surface area contributed by atoms with Crippen molar-refractivity contribution in [3.63, 3.8) is 0 Å². The van der Waals surface area contributed by atoms with Crippen LogP contribution in [0.4, 0.5) is 0 Å². The normalized spacial score (nSPS) is 34.0. The highest BCUT2D eigenvalue weighted by molar-refractivity contribution is 4.94. The van der Waals surface area contributed by atoms with E-state index in [1.807, 2.05) is 0 Å². The van der Waals surface area contributed by atoms with E-state index < -0.39 is 0 Å². The number of rotatable bonds is 6. The second-order valence-electron chi connectivity index (χ2n) is 7.79. The van der Waals surface area contributed by atoms with Crippen molar-refractivity contribution in [1.82, 2.24) is 10.2 Å². The van der Waals surface area contributed by atoms with E-state index in [0.29, 0.717) is 5.41 Å². The third kappa shape index (κ3) is 4.22. The highest BCUT2D eigenvalue weighted by atomic mass is 15.2. The zero-order valence-electron chi connectivity index (χ0n) is 15.0. The summed E-state index contributed by atoms with van der Waals surface area (Å²) in [6.07, 6.45) is 11.1. The van der Waals surface area contributed by atoms with Crippen molar-refractivity contribution in [2.75, 3.05) is 19.6 Å². The molecule has 21 heavy (non-hydrogen) atoms. The summed E-state index contributed by atoms with van der Waals surface area (Å²) in [5.41, 5.74) is 0.656. The van der Waals surface area contributed by atoms with E-state index >= 15 is 0 Å². The lowest BCUT2D eigenvalue weighted by molar-refractivity contribution is 0.0306. The number of hydrogen-bond acceptors (Lipinski definition) is 2. The number of nitrogens with one attached hydrogen (secondary N) is 1. The monoisotopic (exact) mass is 294 g/mol. The zero-order valence-corrected chi connectivity index (χ0v) is 15.0. The summed E-state index contributed by atoms with van der Waals surface area (Å²) in [6.45, 7) is 13.4. The topological polar surface area (TPSA) is 15.3 Å². The van der Waals surface area contributed by atoms with Crippen LogP contribution in [0.5, 0.6) is 0 Å².